The van der Waals surface area contributed by atoms with E-state index in [4.69, 9.17) is 4.74 Å². The lowest BCUT2D eigenvalue weighted by Crippen LogP contribution is -2.54. The van der Waals surface area contributed by atoms with Gasteiger partial charge in [-0.1, -0.05) is 18.2 Å². The molecule has 3 saturated heterocycles. The molecule has 6 heteroatoms. The summed E-state index contributed by atoms with van der Waals surface area (Å²) in [4.78, 5) is 14.7. The van der Waals surface area contributed by atoms with Gasteiger partial charge in [-0.25, -0.2) is 5.43 Å². The van der Waals surface area contributed by atoms with Crippen LogP contribution >= 0.6 is 0 Å². The summed E-state index contributed by atoms with van der Waals surface area (Å²) in [5.41, 5.74) is 7.09. The van der Waals surface area contributed by atoms with Gasteiger partial charge in [0.25, 0.3) is 0 Å². The van der Waals surface area contributed by atoms with Crippen molar-refractivity contribution < 1.29 is 9.53 Å². The van der Waals surface area contributed by atoms with Gasteiger partial charge in [-0.3, -0.25) is 10.2 Å². The van der Waals surface area contributed by atoms with E-state index >= 15 is 0 Å². The number of anilines is 1. The van der Waals surface area contributed by atoms with Crippen LogP contribution < -0.4 is 16.2 Å². The number of nitrogens with one attached hydrogen (secondary N) is 3. The lowest BCUT2D eigenvalue weighted by Gasteiger charge is -2.40. The largest absolute Gasteiger partial charge is 0.380 e. The smallest absolute Gasteiger partial charge is 0.241 e. The van der Waals surface area contributed by atoms with Crippen LogP contribution in [0.4, 0.5) is 5.69 Å². The summed E-state index contributed by atoms with van der Waals surface area (Å²) < 4.78 is 6.22. The molecule has 1 aromatic rings. The van der Waals surface area contributed by atoms with Crippen LogP contribution in [0.3, 0.4) is 0 Å². The maximum Gasteiger partial charge on any atom is 0.241 e. The number of rotatable bonds is 3. The zero-order valence-electron chi connectivity index (χ0n) is 14.0. The summed E-state index contributed by atoms with van der Waals surface area (Å²) in [7, 11) is 0. The average molecular weight is 330 g/mol. The Morgan fingerprint density at radius 3 is 3.00 bits per heavy atom. The van der Waals surface area contributed by atoms with Crippen molar-refractivity contribution in [2.24, 2.45) is 0 Å². The molecule has 0 aliphatic carbocycles. The average Bonchev–Trinajstić information content (AvgIpc) is 3.26. The summed E-state index contributed by atoms with van der Waals surface area (Å²) >= 11 is 0. The third-order valence-electron chi connectivity index (χ3n) is 5.34. The first-order valence-corrected chi connectivity index (χ1v) is 8.97. The zero-order chi connectivity index (χ0) is 16.4. The van der Waals surface area contributed by atoms with Crippen LogP contribution in [0.2, 0.25) is 0 Å². The number of hydrazine groups is 1. The highest BCUT2D eigenvalue weighted by atomic mass is 16.5. The van der Waals surface area contributed by atoms with Crippen molar-refractivity contribution in [1.82, 2.24) is 15.8 Å². The van der Waals surface area contributed by atoms with E-state index in [-0.39, 0.29) is 17.6 Å². The Bertz CT molecular complexity index is 576. The molecule has 6 nitrogen and oxygen atoms in total. The summed E-state index contributed by atoms with van der Waals surface area (Å²) in [6.45, 7) is 3.13. The van der Waals surface area contributed by atoms with Crippen LogP contribution in [0, 0.1) is 0 Å². The molecule has 3 fully saturated rings. The number of benzene rings is 1. The number of amides is 1. The van der Waals surface area contributed by atoms with E-state index < -0.39 is 0 Å². The predicted molar refractivity (Wildman–Crippen MR) is 92.5 cm³/mol. The monoisotopic (exact) mass is 330 g/mol. The van der Waals surface area contributed by atoms with E-state index in [1.54, 1.807) is 0 Å². The van der Waals surface area contributed by atoms with Gasteiger partial charge in [0.05, 0.1) is 18.2 Å². The minimum absolute atomic E-state index is 0.0835. The standard InChI is InChI=1S/C18H26N4O2/c23-17(16-7-9-19-21-16)22-10-4-8-18(13-22)11-15(12-24-18)20-14-5-2-1-3-6-14/h1-3,5-6,15-16,19-21H,4,7-13H2. The molecule has 3 aliphatic heterocycles. The number of hydrogen-bond donors (Lipinski definition) is 3. The molecule has 1 aromatic carbocycles. The van der Waals surface area contributed by atoms with Crippen molar-refractivity contribution in [2.75, 3.05) is 31.6 Å². The van der Waals surface area contributed by atoms with Gasteiger partial charge in [-0.15, -0.1) is 0 Å². The van der Waals surface area contributed by atoms with Crippen LogP contribution in [0.25, 0.3) is 0 Å². The van der Waals surface area contributed by atoms with Crippen LogP contribution in [0.5, 0.6) is 0 Å². The summed E-state index contributed by atoms with van der Waals surface area (Å²) in [5.74, 6) is 0.210. The number of para-hydroxylation sites is 1. The van der Waals surface area contributed by atoms with E-state index in [9.17, 15) is 4.79 Å². The number of carbonyl (C=O) groups excluding carboxylic acids is 1. The van der Waals surface area contributed by atoms with Crippen molar-refractivity contribution in [3.05, 3.63) is 30.3 Å². The molecule has 130 valence electrons. The fourth-order valence-electron chi connectivity index (χ4n) is 4.17. The van der Waals surface area contributed by atoms with Gasteiger partial charge < -0.3 is 15.0 Å². The third kappa shape index (κ3) is 3.27. The Labute approximate surface area is 142 Å². The maximum absolute atomic E-state index is 12.7. The summed E-state index contributed by atoms with van der Waals surface area (Å²) in [6.07, 6.45) is 3.88. The first kappa shape index (κ1) is 15.9. The first-order chi connectivity index (χ1) is 11.7. The lowest BCUT2D eigenvalue weighted by atomic mass is 9.88. The molecule has 0 bridgehead atoms. The molecule has 4 rings (SSSR count). The molecule has 3 heterocycles. The molecule has 0 radical (unpaired) electrons. The van der Waals surface area contributed by atoms with Gasteiger partial charge in [0.1, 0.15) is 6.04 Å². The van der Waals surface area contributed by atoms with Crippen molar-refractivity contribution in [3.8, 4) is 0 Å². The van der Waals surface area contributed by atoms with Gasteiger partial charge in [-0.05, 0) is 31.4 Å². The molecular weight excluding hydrogens is 304 g/mol. The van der Waals surface area contributed by atoms with Gasteiger partial charge in [0.2, 0.25) is 5.91 Å². The van der Waals surface area contributed by atoms with Crippen molar-refractivity contribution in [2.45, 2.75) is 43.4 Å². The minimum atomic E-state index is -0.174. The Balaban J connectivity index is 1.37. The highest BCUT2D eigenvalue weighted by Gasteiger charge is 2.45. The topological polar surface area (TPSA) is 65.6 Å². The second kappa shape index (κ2) is 6.70. The van der Waals surface area contributed by atoms with Crippen LogP contribution in [0.15, 0.2) is 30.3 Å². The molecule has 3 atom stereocenters. The lowest BCUT2D eigenvalue weighted by molar-refractivity contribution is -0.141. The molecule has 24 heavy (non-hydrogen) atoms. The van der Waals surface area contributed by atoms with E-state index in [2.05, 4.69) is 28.3 Å². The minimum Gasteiger partial charge on any atom is -0.380 e. The molecule has 0 saturated carbocycles. The number of piperidine rings is 1. The number of carbonyl (C=O) groups is 1. The highest BCUT2D eigenvalue weighted by molar-refractivity contribution is 5.82. The van der Waals surface area contributed by atoms with E-state index in [1.165, 1.54) is 0 Å². The highest BCUT2D eigenvalue weighted by Crippen LogP contribution is 2.36. The van der Waals surface area contributed by atoms with Crippen LogP contribution in [0.1, 0.15) is 25.7 Å². The quantitative estimate of drug-likeness (QED) is 0.775. The first-order valence-electron chi connectivity index (χ1n) is 8.97. The number of nitrogens with zero attached hydrogens (tertiary/aromatic N) is 1. The zero-order valence-corrected chi connectivity index (χ0v) is 14.0. The molecule has 3 aliphatic rings. The Hall–Kier alpha value is -1.63. The van der Waals surface area contributed by atoms with E-state index in [0.29, 0.717) is 12.6 Å². The molecule has 1 spiro atoms. The van der Waals surface area contributed by atoms with Crippen LogP contribution in [-0.2, 0) is 9.53 Å². The normalized spacial score (nSPS) is 33.1. The fourth-order valence-corrected chi connectivity index (χ4v) is 4.17. The van der Waals surface area contributed by atoms with Gasteiger partial charge >= 0.3 is 0 Å². The molecular formula is C18H26N4O2. The van der Waals surface area contributed by atoms with Gasteiger partial charge in [-0.2, -0.15) is 0 Å². The molecule has 0 aromatic heterocycles. The van der Waals surface area contributed by atoms with Crippen molar-refractivity contribution in [3.63, 3.8) is 0 Å². The van der Waals surface area contributed by atoms with Crippen LogP contribution in [-0.4, -0.2) is 54.7 Å². The summed E-state index contributed by atoms with van der Waals surface area (Å²) in [5, 5.41) is 3.56. The van der Waals surface area contributed by atoms with Crippen molar-refractivity contribution in [1.29, 1.82) is 0 Å². The molecule has 3 N–H and O–H groups in total. The number of hydrogen-bond acceptors (Lipinski definition) is 5. The molecule has 3 unspecified atom stereocenters. The molecule has 1 amide bonds. The summed E-state index contributed by atoms with van der Waals surface area (Å²) in [6, 6.07) is 10.5. The second-order valence-corrected chi connectivity index (χ2v) is 7.18. The number of likely N-dealkylation sites (tertiary alicyclic amines) is 1. The second-order valence-electron chi connectivity index (χ2n) is 7.18. The maximum atomic E-state index is 12.7. The van der Waals surface area contributed by atoms with Gasteiger partial charge in [0.15, 0.2) is 0 Å². The van der Waals surface area contributed by atoms with Crippen molar-refractivity contribution >= 4 is 11.6 Å². The predicted octanol–water partition coefficient (Wildman–Crippen LogP) is 1.12. The van der Waals surface area contributed by atoms with E-state index in [0.717, 1.165) is 51.0 Å². The third-order valence-corrected chi connectivity index (χ3v) is 5.34. The Kier molecular flexibility index (Phi) is 4.43. The Morgan fingerprint density at radius 2 is 2.21 bits per heavy atom. The number of ether oxygens (including phenoxy) is 1. The Morgan fingerprint density at radius 1 is 1.33 bits per heavy atom. The van der Waals surface area contributed by atoms with E-state index in [1.807, 2.05) is 23.1 Å². The fraction of sp³-hybridized carbons (Fsp3) is 0.611. The van der Waals surface area contributed by atoms with Gasteiger partial charge in [0, 0.05) is 31.7 Å². The SMILES string of the molecule is O=C(C1CCNN1)N1CCCC2(CC(Nc3ccccc3)CO2)C1.